The summed E-state index contributed by atoms with van der Waals surface area (Å²) in [7, 11) is 1.55. The quantitative estimate of drug-likeness (QED) is 0.382. The van der Waals surface area contributed by atoms with Crippen LogP contribution < -0.4 is 20.2 Å². The molecule has 0 saturated heterocycles. The van der Waals surface area contributed by atoms with Crippen molar-refractivity contribution in [2.24, 2.45) is 5.10 Å². The van der Waals surface area contributed by atoms with Crippen molar-refractivity contribution in [2.75, 3.05) is 13.7 Å². The van der Waals surface area contributed by atoms with Crippen LogP contribution in [-0.4, -0.2) is 31.7 Å². The number of carbonyl (C=O) groups is 2. The molecule has 7 nitrogen and oxygen atoms in total. The molecule has 0 spiro atoms. The maximum atomic E-state index is 12.0. The first-order chi connectivity index (χ1) is 15.5. The first-order valence-electron chi connectivity index (χ1n) is 9.75. The van der Waals surface area contributed by atoms with Crippen molar-refractivity contribution < 1.29 is 19.1 Å². The number of hydrogen-bond donors (Lipinski definition) is 2. The molecule has 0 aliphatic carbocycles. The lowest BCUT2D eigenvalue weighted by atomic mass is 10.2. The maximum Gasteiger partial charge on any atom is 0.259 e. The second-order valence-corrected chi connectivity index (χ2v) is 7.12. The molecule has 3 rings (SSSR count). The van der Waals surface area contributed by atoms with Crippen molar-refractivity contribution >= 4 is 29.6 Å². The van der Waals surface area contributed by atoms with E-state index >= 15 is 0 Å². The minimum absolute atomic E-state index is 0.195. The summed E-state index contributed by atoms with van der Waals surface area (Å²) in [5.74, 6) is 0.559. The summed E-state index contributed by atoms with van der Waals surface area (Å²) in [6, 6.07) is 21.3. The number of amides is 2. The Balaban J connectivity index is 1.40. The van der Waals surface area contributed by atoms with Crippen LogP contribution in [0.1, 0.15) is 21.5 Å². The fourth-order valence-corrected chi connectivity index (χ4v) is 2.75. The van der Waals surface area contributed by atoms with E-state index in [1.807, 2.05) is 48.5 Å². The molecular weight excluding hydrogens is 430 g/mol. The first kappa shape index (κ1) is 22.8. The first-order valence-corrected chi connectivity index (χ1v) is 10.1. The number of nitrogens with one attached hydrogen (secondary N) is 2. The van der Waals surface area contributed by atoms with Crippen LogP contribution >= 0.6 is 11.6 Å². The van der Waals surface area contributed by atoms with Gasteiger partial charge in [0.2, 0.25) is 0 Å². The van der Waals surface area contributed by atoms with Crippen molar-refractivity contribution in [3.63, 3.8) is 0 Å². The van der Waals surface area contributed by atoms with Crippen LogP contribution in [0.4, 0.5) is 0 Å². The molecule has 8 heteroatoms. The van der Waals surface area contributed by atoms with Crippen LogP contribution in [0.2, 0.25) is 5.02 Å². The third kappa shape index (κ3) is 7.14. The van der Waals surface area contributed by atoms with E-state index in [9.17, 15) is 9.59 Å². The topological polar surface area (TPSA) is 89.0 Å². The molecule has 0 heterocycles. The van der Waals surface area contributed by atoms with Crippen molar-refractivity contribution in [3.05, 3.63) is 94.5 Å². The number of hydrogen-bond acceptors (Lipinski definition) is 5. The molecule has 0 aromatic heterocycles. The normalized spacial score (nSPS) is 10.6. The van der Waals surface area contributed by atoms with Crippen molar-refractivity contribution in [2.45, 2.75) is 6.61 Å². The molecule has 0 aliphatic heterocycles. The van der Waals surface area contributed by atoms with Gasteiger partial charge in [-0.1, -0.05) is 23.7 Å². The highest BCUT2D eigenvalue weighted by Gasteiger charge is 2.07. The molecule has 164 valence electrons. The Kier molecular flexibility index (Phi) is 8.22. The molecule has 0 saturated carbocycles. The van der Waals surface area contributed by atoms with Gasteiger partial charge in [0.05, 0.1) is 19.9 Å². The number of benzene rings is 3. The summed E-state index contributed by atoms with van der Waals surface area (Å²) in [6.07, 6.45) is 1.51. The Labute approximate surface area is 191 Å². The molecule has 2 N–H and O–H groups in total. The van der Waals surface area contributed by atoms with Crippen LogP contribution in [0.25, 0.3) is 0 Å². The highest BCUT2D eigenvalue weighted by molar-refractivity contribution is 6.30. The van der Waals surface area contributed by atoms with Gasteiger partial charge in [0.15, 0.2) is 0 Å². The van der Waals surface area contributed by atoms with Crippen LogP contribution in [-0.2, 0) is 11.4 Å². The summed E-state index contributed by atoms with van der Waals surface area (Å²) >= 11 is 5.87. The zero-order valence-corrected chi connectivity index (χ0v) is 18.1. The standard InChI is InChI=1S/C24H22ClN3O4/c1-31-21-12-6-19(7-13-21)24(30)26-15-23(29)28-27-14-17-4-10-22(11-5-17)32-16-18-2-8-20(25)9-3-18/h2-14H,15-16H2,1H3,(H,26,30)(H,28,29)/b27-14-. The fourth-order valence-electron chi connectivity index (χ4n) is 2.62. The summed E-state index contributed by atoms with van der Waals surface area (Å²) in [5, 5.41) is 7.12. The predicted octanol–water partition coefficient (Wildman–Crippen LogP) is 3.81. The molecule has 32 heavy (non-hydrogen) atoms. The number of hydrazone groups is 1. The third-order valence-electron chi connectivity index (χ3n) is 4.36. The number of ether oxygens (including phenoxy) is 2. The van der Waals surface area contributed by atoms with Gasteiger partial charge in [0.1, 0.15) is 18.1 Å². The van der Waals surface area contributed by atoms with E-state index in [4.69, 9.17) is 21.1 Å². The van der Waals surface area contributed by atoms with E-state index in [-0.39, 0.29) is 12.5 Å². The summed E-state index contributed by atoms with van der Waals surface area (Å²) in [5.41, 5.74) is 4.61. The van der Waals surface area contributed by atoms with Gasteiger partial charge in [0, 0.05) is 10.6 Å². The molecule has 3 aromatic carbocycles. The van der Waals surface area contributed by atoms with Crippen molar-refractivity contribution in [3.8, 4) is 11.5 Å². The maximum absolute atomic E-state index is 12.0. The molecule has 0 atom stereocenters. The van der Waals surface area contributed by atoms with Crippen LogP contribution in [0, 0.1) is 0 Å². The van der Waals surface area contributed by atoms with Crippen LogP contribution in [0.3, 0.4) is 0 Å². The zero-order chi connectivity index (χ0) is 22.8. The van der Waals surface area contributed by atoms with Crippen molar-refractivity contribution in [1.29, 1.82) is 0 Å². The molecule has 0 bridgehead atoms. The molecule has 0 fully saturated rings. The van der Waals surface area contributed by atoms with Gasteiger partial charge >= 0.3 is 0 Å². The monoisotopic (exact) mass is 451 g/mol. The lowest BCUT2D eigenvalue weighted by Crippen LogP contribution is -2.34. The Morgan fingerprint density at radius 2 is 1.59 bits per heavy atom. The van der Waals surface area contributed by atoms with E-state index < -0.39 is 5.91 Å². The minimum atomic E-state index is -0.439. The number of halogens is 1. The van der Waals surface area contributed by atoms with Crippen LogP contribution in [0.15, 0.2) is 77.9 Å². The second-order valence-electron chi connectivity index (χ2n) is 6.69. The number of rotatable bonds is 9. The molecular formula is C24H22ClN3O4. The van der Waals surface area contributed by atoms with E-state index in [0.29, 0.717) is 28.7 Å². The van der Waals surface area contributed by atoms with Crippen molar-refractivity contribution in [1.82, 2.24) is 10.7 Å². The van der Waals surface area contributed by atoms with Gasteiger partial charge in [-0.15, -0.1) is 0 Å². The smallest absolute Gasteiger partial charge is 0.259 e. The van der Waals surface area contributed by atoms with Gasteiger partial charge in [-0.25, -0.2) is 5.43 Å². The number of carbonyl (C=O) groups excluding carboxylic acids is 2. The Morgan fingerprint density at radius 3 is 2.25 bits per heavy atom. The highest BCUT2D eigenvalue weighted by atomic mass is 35.5. The van der Waals surface area contributed by atoms with Crippen LogP contribution in [0.5, 0.6) is 11.5 Å². The fraction of sp³-hybridized carbons (Fsp3) is 0.125. The molecule has 3 aromatic rings. The lowest BCUT2D eigenvalue weighted by Gasteiger charge is -2.07. The van der Waals surface area contributed by atoms with Gasteiger partial charge in [-0.2, -0.15) is 5.10 Å². The zero-order valence-electron chi connectivity index (χ0n) is 17.4. The predicted molar refractivity (Wildman–Crippen MR) is 123 cm³/mol. The number of methoxy groups -OCH3 is 1. The molecule has 0 aliphatic rings. The average Bonchev–Trinajstić information content (AvgIpc) is 2.83. The molecule has 2 amide bonds. The van der Waals surface area contributed by atoms with E-state index in [2.05, 4.69) is 15.8 Å². The largest absolute Gasteiger partial charge is 0.497 e. The lowest BCUT2D eigenvalue weighted by molar-refractivity contribution is -0.120. The van der Waals surface area contributed by atoms with Gasteiger partial charge in [-0.05, 0) is 71.8 Å². The van der Waals surface area contributed by atoms with Gasteiger partial charge in [-0.3, -0.25) is 9.59 Å². The third-order valence-corrected chi connectivity index (χ3v) is 4.62. The Bertz CT molecular complexity index is 1070. The minimum Gasteiger partial charge on any atom is -0.497 e. The van der Waals surface area contributed by atoms with Gasteiger partial charge in [0.25, 0.3) is 11.8 Å². The van der Waals surface area contributed by atoms with E-state index in [1.54, 1.807) is 31.4 Å². The number of nitrogens with zero attached hydrogens (tertiary/aromatic N) is 1. The molecule has 0 radical (unpaired) electrons. The SMILES string of the molecule is COc1ccc(C(=O)NCC(=O)N/N=C\c2ccc(OCc3ccc(Cl)cc3)cc2)cc1. The summed E-state index contributed by atoms with van der Waals surface area (Å²) in [6.45, 7) is 0.239. The average molecular weight is 452 g/mol. The highest BCUT2D eigenvalue weighted by Crippen LogP contribution is 2.15. The van der Waals surface area contributed by atoms with E-state index in [0.717, 1.165) is 11.1 Å². The summed E-state index contributed by atoms with van der Waals surface area (Å²) in [4.78, 5) is 23.9. The van der Waals surface area contributed by atoms with E-state index in [1.165, 1.54) is 6.21 Å². The second kappa shape index (κ2) is 11.5. The Morgan fingerprint density at radius 1 is 0.938 bits per heavy atom. The Hall–Kier alpha value is -3.84. The van der Waals surface area contributed by atoms with Gasteiger partial charge < -0.3 is 14.8 Å². The molecule has 0 unspecified atom stereocenters. The summed E-state index contributed by atoms with van der Waals surface area (Å²) < 4.78 is 10.8.